The Kier molecular flexibility index (Phi) is 6.44. The molecule has 1 aliphatic rings. The molecular formula is C30H28N4O3. The normalized spacial score (nSPS) is 15.1. The maximum Gasteiger partial charge on any atom is 0.162 e. The van der Waals surface area contributed by atoms with E-state index in [9.17, 15) is 0 Å². The van der Waals surface area contributed by atoms with Crippen LogP contribution >= 0.6 is 0 Å². The number of methoxy groups -OCH3 is 1. The van der Waals surface area contributed by atoms with Crippen LogP contribution in [0.5, 0.6) is 11.5 Å². The van der Waals surface area contributed by atoms with Gasteiger partial charge in [0.25, 0.3) is 0 Å². The summed E-state index contributed by atoms with van der Waals surface area (Å²) in [6, 6.07) is 26.7. The largest absolute Gasteiger partial charge is 0.493 e. The van der Waals surface area contributed by atoms with Crippen molar-refractivity contribution in [3.05, 3.63) is 103 Å². The summed E-state index contributed by atoms with van der Waals surface area (Å²) in [6.07, 6.45) is 6.72. The van der Waals surface area contributed by atoms with Crippen LogP contribution < -0.4 is 9.47 Å². The molecule has 3 heterocycles. The molecule has 0 N–H and O–H groups in total. The fourth-order valence-corrected chi connectivity index (χ4v) is 4.61. The van der Waals surface area contributed by atoms with Crippen molar-refractivity contribution in [2.24, 2.45) is 0 Å². The van der Waals surface area contributed by atoms with E-state index < -0.39 is 0 Å². The van der Waals surface area contributed by atoms with E-state index in [1.54, 1.807) is 7.11 Å². The molecule has 186 valence electrons. The molecule has 0 saturated carbocycles. The quantitative estimate of drug-likeness (QED) is 0.281. The molecule has 1 saturated heterocycles. The lowest BCUT2D eigenvalue weighted by Gasteiger charge is -2.16. The number of rotatable bonds is 8. The Labute approximate surface area is 215 Å². The van der Waals surface area contributed by atoms with Gasteiger partial charge in [0.05, 0.1) is 50.6 Å². The van der Waals surface area contributed by atoms with Crippen LogP contribution in [-0.2, 0) is 11.3 Å². The van der Waals surface area contributed by atoms with E-state index in [0.29, 0.717) is 18.1 Å². The van der Waals surface area contributed by atoms with Crippen LogP contribution in [0, 0.1) is 0 Å². The number of nitrogens with zero attached hydrogens (tertiary/aromatic N) is 4. The molecule has 1 atom stereocenters. The molecule has 1 aliphatic heterocycles. The van der Waals surface area contributed by atoms with Crippen molar-refractivity contribution in [2.45, 2.75) is 19.1 Å². The molecule has 0 radical (unpaired) electrons. The van der Waals surface area contributed by atoms with E-state index >= 15 is 0 Å². The zero-order valence-corrected chi connectivity index (χ0v) is 20.7. The number of hydrogen-bond donors (Lipinski definition) is 0. The van der Waals surface area contributed by atoms with Gasteiger partial charge in [-0.25, -0.2) is 4.68 Å². The number of ether oxygens (including phenoxy) is 3. The van der Waals surface area contributed by atoms with Gasteiger partial charge in [0, 0.05) is 23.7 Å². The lowest BCUT2D eigenvalue weighted by Crippen LogP contribution is -2.16. The first kappa shape index (κ1) is 23.1. The maximum absolute atomic E-state index is 6.20. The van der Waals surface area contributed by atoms with Gasteiger partial charge in [0.15, 0.2) is 11.5 Å². The molecule has 37 heavy (non-hydrogen) atoms. The summed E-state index contributed by atoms with van der Waals surface area (Å²) in [5, 5.41) is 9.14. The van der Waals surface area contributed by atoms with Crippen LogP contribution in [0.4, 0.5) is 0 Å². The number of hydrogen-bond acceptors (Lipinski definition) is 5. The van der Waals surface area contributed by atoms with Gasteiger partial charge in [-0.3, -0.25) is 4.68 Å². The summed E-state index contributed by atoms with van der Waals surface area (Å²) in [5.74, 6) is 1.42. The van der Waals surface area contributed by atoms with Gasteiger partial charge in [-0.1, -0.05) is 42.5 Å². The van der Waals surface area contributed by atoms with Gasteiger partial charge in [-0.2, -0.15) is 10.2 Å². The van der Waals surface area contributed by atoms with Crippen molar-refractivity contribution < 1.29 is 14.2 Å². The highest BCUT2D eigenvalue weighted by Crippen LogP contribution is 2.35. The van der Waals surface area contributed by atoms with Crippen LogP contribution in [0.1, 0.15) is 12.0 Å². The minimum Gasteiger partial charge on any atom is -0.493 e. The predicted molar refractivity (Wildman–Crippen MR) is 142 cm³/mol. The van der Waals surface area contributed by atoms with Gasteiger partial charge < -0.3 is 14.2 Å². The molecular weight excluding hydrogens is 464 g/mol. The Morgan fingerprint density at radius 2 is 1.73 bits per heavy atom. The van der Waals surface area contributed by atoms with Crippen LogP contribution in [0.25, 0.3) is 28.1 Å². The van der Waals surface area contributed by atoms with Crippen molar-refractivity contribution in [1.29, 1.82) is 0 Å². The first-order valence-corrected chi connectivity index (χ1v) is 12.4. The molecule has 0 aliphatic carbocycles. The SMILES string of the molecule is COc1ccc(-c2ccnn2-c2ccc(-c3cnn(Cc4ccccc4)c3)cc2)cc1OC1CCOC1. The monoisotopic (exact) mass is 492 g/mol. The third kappa shape index (κ3) is 4.99. The molecule has 3 aromatic carbocycles. The summed E-state index contributed by atoms with van der Waals surface area (Å²) in [6.45, 7) is 2.07. The highest BCUT2D eigenvalue weighted by atomic mass is 16.6. The van der Waals surface area contributed by atoms with Crippen LogP contribution in [0.2, 0.25) is 0 Å². The zero-order chi connectivity index (χ0) is 25.0. The Balaban J connectivity index is 1.23. The van der Waals surface area contributed by atoms with E-state index in [-0.39, 0.29) is 6.10 Å². The van der Waals surface area contributed by atoms with Crippen molar-refractivity contribution in [1.82, 2.24) is 19.6 Å². The Bertz CT molecular complexity index is 1470. The zero-order valence-electron chi connectivity index (χ0n) is 20.7. The summed E-state index contributed by atoms with van der Waals surface area (Å²) < 4.78 is 21.1. The first-order chi connectivity index (χ1) is 18.3. The summed E-state index contributed by atoms with van der Waals surface area (Å²) in [7, 11) is 1.66. The number of aromatic nitrogens is 4. The fraction of sp³-hybridized carbons (Fsp3) is 0.200. The van der Waals surface area contributed by atoms with Crippen molar-refractivity contribution in [3.8, 4) is 39.6 Å². The lowest BCUT2D eigenvalue weighted by atomic mass is 10.1. The van der Waals surface area contributed by atoms with Gasteiger partial charge >= 0.3 is 0 Å². The van der Waals surface area contributed by atoms with Crippen molar-refractivity contribution in [3.63, 3.8) is 0 Å². The molecule has 0 spiro atoms. The van der Waals surface area contributed by atoms with E-state index in [0.717, 1.165) is 47.6 Å². The van der Waals surface area contributed by atoms with Crippen LogP contribution in [-0.4, -0.2) is 46.0 Å². The molecule has 1 fully saturated rings. The van der Waals surface area contributed by atoms with E-state index in [4.69, 9.17) is 14.2 Å². The smallest absolute Gasteiger partial charge is 0.162 e. The van der Waals surface area contributed by atoms with Gasteiger partial charge in [-0.15, -0.1) is 0 Å². The number of benzene rings is 3. The van der Waals surface area contributed by atoms with E-state index in [2.05, 4.69) is 52.8 Å². The second-order valence-corrected chi connectivity index (χ2v) is 9.06. The Hall–Kier alpha value is -4.36. The van der Waals surface area contributed by atoms with Crippen molar-refractivity contribution >= 4 is 0 Å². The standard InChI is InChI=1S/C30H28N4O3/c1-35-29-12-9-24(17-30(29)37-27-14-16-36-21-27)28-13-15-31-34(28)26-10-7-23(8-11-26)25-18-32-33(20-25)19-22-5-3-2-4-6-22/h2-13,15,17-18,20,27H,14,16,19,21H2,1H3. The molecule has 5 aromatic rings. The molecule has 7 nitrogen and oxygen atoms in total. The summed E-state index contributed by atoms with van der Waals surface area (Å²) in [4.78, 5) is 0. The highest BCUT2D eigenvalue weighted by molar-refractivity contribution is 5.67. The maximum atomic E-state index is 6.20. The second-order valence-electron chi connectivity index (χ2n) is 9.06. The predicted octanol–water partition coefficient (Wildman–Crippen LogP) is 5.63. The fourth-order valence-electron chi connectivity index (χ4n) is 4.61. The van der Waals surface area contributed by atoms with Crippen molar-refractivity contribution in [2.75, 3.05) is 20.3 Å². The lowest BCUT2D eigenvalue weighted by molar-refractivity contribution is 0.138. The van der Waals surface area contributed by atoms with Crippen LogP contribution in [0.15, 0.2) is 97.5 Å². The third-order valence-electron chi connectivity index (χ3n) is 6.55. The molecule has 1 unspecified atom stereocenters. The topological polar surface area (TPSA) is 63.3 Å². The Morgan fingerprint density at radius 1 is 0.892 bits per heavy atom. The highest BCUT2D eigenvalue weighted by Gasteiger charge is 2.20. The first-order valence-electron chi connectivity index (χ1n) is 12.4. The second kappa shape index (κ2) is 10.3. The summed E-state index contributed by atoms with van der Waals surface area (Å²) in [5.41, 5.74) is 6.36. The third-order valence-corrected chi connectivity index (χ3v) is 6.55. The Morgan fingerprint density at radius 3 is 2.51 bits per heavy atom. The van der Waals surface area contributed by atoms with Crippen LogP contribution in [0.3, 0.4) is 0 Å². The van der Waals surface area contributed by atoms with Gasteiger partial charge in [0.1, 0.15) is 6.10 Å². The van der Waals surface area contributed by atoms with E-state index in [1.807, 2.05) is 64.2 Å². The summed E-state index contributed by atoms with van der Waals surface area (Å²) >= 11 is 0. The average molecular weight is 493 g/mol. The molecule has 7 heteroatoms. The molecule has 0 bridgehead atoms. The van der Waals surface area contributed by atoms with Gasteiger partial charge in [-0.05, 0) is 47.5 Å². The molecule has 0 amide bonds. The average Bonchev–Trinajstić information content (AvgIpc) is 3.72. The minimum absolute atomic E-state index is 0.0404. The van der Waals surface area contributed by atoms with E-state index in [1.165, 1.54) is 5.56 Å². The minimum atomic E-state index is 0.0404. The molecule has 2 aromatic heterocycles. The molecule has 6 rings (SSSR count). The van der Waals surface area contributed by atoms with Gasteiger partial charge in [0.2, 0.25) is 0 Å².